The number of hydrogen-bond acceptors (Lipinski definition) is 5. The summed E-state index contributed by atoms with van der Waals surface area (Å²) in [6.45, 7) is 8.08. The molecule has 0 spiro atoms. The number of hydrogen-bond donors (Lipinski definition) is 0. The summed E-state index contributed by atoms with van der Waals surface area (Å²) in [6, 6.07) is 7.09. The molecule has 3 aliphatic heterocycles. The van der Waals surface area contributed by atoms with E-state index in [-0.39, 0.29) is 34.7 Å². The second-order valence-electron chi connectivity index (χ2n) is 10.3. The topological polar surface area (TPSA) is 76.3 Å². The van der Waals surface area contributed by atoms with Gasteiger partial charge in [0.1, 0.15) is 5.82 Å². The summed E-state index contributed by atoms with van der Waals surface area (Å²) in [4.78, 5) is 38.3. The predicted octanol–water partition coefficient (Wildman–Crippen LogP) is 2.81. The lowest BCUT2D eigenvalue weighted by atomic mass is 9.90. The number of imidazole rings is 1. The van der Waals surface area contributed by atoms with E-state index in [1.165, 1.54) is 12.3 Å². The molecule has 174 valence electrons. The number of fused-ring (bicyclic) bond motifs is 4. The van der Waals surface area contributed by atoms with Gasteiger partial charge < -0.3 is 9.80 Å². The van der Waals surface area contributed by atoms with Crippen LogP contribution in [-0.2, 0) is 13.6 Å². The molecule has 0 N–H and O–H groups in total. The van der Waals surface area contributed by atoms with Crippen LogP contribution in [0.15, 0.2) is 35.3 Å². The maximum Gasteiger partial charge on any atom is 0.330 e. The lowest BCUT2D eigenvalue weighted by Crippen LogP contribution is -2.64. The third-order valence-electron chi connectivity index (χ3n) is 6.67. The molecule has 3 saturated heterocycles. The van der Waals surface area contributed by atoms with Crippen molar-refractivity contribution >= 4 is 22.9 Å². The highest BCUT2D eigenvalue weighted by molar-refractivity contribution is 5.94. The number of halogens is 1. The Morgan fingerprint density at radius 1 is 1.15 bits per heavy atom. The Hall–Kier alpha value is -3.23. The number of aryl methyl sites for hydroxylation is 1. The third-order valence-corrected chi connectivity index (χ3v) is 6.67. The van der Waals surface area contributed by atoms with Crippen molar-refractivity contribution in [2.24, 2.45) is 12.5 Å². The first-order valence-electron chi connectivity index (χ1n) is 11.4. The summed E-state index contributed by atoms with van der Waals surface area (Å²) in [7, 11) is 1.76. The van der Waals surface area contributed by atoms with E-state index < -0.39 is 5.95 Å². The van der Waals surface area contributed by atoms with E-state index in [4.69, 9.17) is 4.98 Å². The van der Waals surface area contributed by atoms with Crippen LogP contribution in [0, 0.1) is 11.4 Å². The van der Waals surface area contributed by atoms with Crippen LogP contribution in [0.25, 0.3) is 11.2 Å². The number of nitrogens with zero attached hydrogens (tertiary/aromatic N) is 6. The predicted molar refractivity (Wildman–Crippen MR) is 124 cm³/mol. The Bertz CT molecular complexity index is 1290. The maximum atomic E-state index is 14.1. The summed E-state index contributed by atoms with van der Waals surface area (Å²) in [5.74, 6) is -0.228. The largest absolute Gasteiger partial charge is 0.350 e. The van der Waals surface area contributed by atoms with Crippen molar-refractivity contribution in [2.75, 3.05) is 18.0 Å². The van der Waals surface area contributed by atoms with Gasteiger partial charge in [0.15, 0.2) is 5.65 Å². The maximum absolute atomic E-state index is 14.1. The van der Waals surface area contributed by atoms with E-state index in [2.05, 4.69) is 30.7 Å². The quantitative estimate of drug-likeness (QED) is 0.571. The minimum Gasteiger partial charge on any atom is -0.350 e. The minimum atomic E-state index is -0.728. The fraction of sp³-hybridized carbons (Fsp3) is 0.500. The van der Waals surface area contributed by atoms with Crippen LogP contribution >= 0.6 is 0 Å². The smallest absolute Gasteiger partial charge is 0.330 e. The Morgan fingerprint density at radius 2 is 1.91 bits per heavy atom. The van der Waals surface area contributed by atoms with Crippen LogP contribution in [0.5, 0.6) is 0 Å². The molecule has 3 aliphatic rings. The van der Waals surface area contributed by atoms with Crippen molar-refractivity contribution in [1.29, 1.82) is 0 Å². The van der Waals surface area contributed by atoms with Gasteiger partial charge in [-0.3, -0.25) is 13.9 Å². The van der Waals surface area contributed by atoms with Gasteiger partial charge in [0.25, 0.3) is 5.91 Å². The zero-order valence-electron chi connectivity index (χ0n) is 19.5. The Balaban J connectivity index is 1.43. The molecule has 0 saturated carbocycles. The molecule has 0 aromatic carbocycles. The fourth-order valence-corrected chi connectivity index (χ4v) is 5.11. The molecule has 6 rings (SSSR count). The van der Waals surface area contributed by atoms with Crippen LogP contribution < -0.4 is 10.6 Å². The molecule has 6 heterocycles. The number of rotatable bonds is 3. The van der Waals surface area contributed by atoms with Gasteiger partial charge in [-0.2, -0.15) is 4.39 Å². The molecular formula is C24H29FN6O2. The van der Waals surface area contributed by atoms with Crippen LogP contribution in [-0.4, -0.2) is 55.1 Å². The van der Waals surface area contributed by atoms with Crippen molar-refractivity contribution in [3.05, 3.63) is 52.5 Å². The average molecular weight is 453 g/mol. The van der Waals surface area contributed by atoms with E-state index in [1.54, 1.807) is 27.1 Å². The number of anilines is 1. The second-order valence-corrected chi connectivity index (χ2v) is 10.3. The molecule has 33 heavy (non-hydrogen) atoms. The normalized spacial score (nSPS) is 20.6. The van der Waals surface area contributed by atoms with E-state index >= 15 is 0 Å². The van der Waals surface area contributed by atoms with Crippen molar-refractivity contribution in [2.45, 2.75) is 52.2 Å². The monoisotopic (exact) mass is 452 g/mol. The van der Waals surface area contributed by atoms with E-state index in [0.29, 0.717) is 25.3 Å². The zero-order valence-corrected chi connectivity index (χ0v) is 19.5. The number of pyridine rings is 2. The SMILES string of the molecule is Cn1c(=O)n(CC(C)(C)C)c2ccc(N3CC4CCC3CN4C(=O)c3cccnc3F)nc21. The molecule has 0 aliphatic carbocycles. The second kappa shape index (κ2) is 7.67. The number of carbonyl (C=O) groups is 1. The third kappa shape index (κ3) is 3.69. The first-order valence-corrected chi connectivity index (χ1v) is 11.4. The van der Waals surface area contributed by atoms with Gasteiger partial charge in [0.2, 0.25) is 5.95 Å². The molecule has 8 nitrogen and oxygen atoms in total. The average Bonchev–Trinajstić information content (AvgIpc) is 3.02. The molecule has 1 amide bonds. The number of amides is 1. The summed E-state index contributed by atoms with van der Waals surface area (Å²) in [5.41, 5.74) is 1.40. The number of carbonyl (C=O) groups excluding carboxylic acids is 1. The Labute approximate surface area is 191 Å². The van der Waals surface area contributed by atoms with Gasteiger partial charge in [0, 0.05) is 45.0 Å². The van der Waals surface area contributed by atoms with Gasteiger partial charge in [0.05, 0.1) is 11.1 Å². The molecule has 0 radical (unpaired) electrons. The number of piperidine rings is 2. The van der Waals surface area contributed by atoms with Crippen molar-refractivity contribution < 1.29 is 9.18 Å². The lowest BCUT2D eigenvalue weighted by Gasteiger charge is -2.51. The molecule has 2 bridgehead atoms. The number of aromatic nitrogens is 4. The highest BCUT2D eigenvalue weighted by Gasteiger charge is 2.42. The lowest BCUT2D eigenvalue weighted by molar-refractivity contribution is 0.0498. The zero-order chi connectivity index (χ0) is 23.5. The van der Waals surface area contributed by atoms with Gasteiger partial charge in [-0.1, -0.05) is 20.8 Å². The molecule has 3 aromatic heterocycles. The minimum absolute atomic E-state index is 0.0195. The van der Waals surface area contributed by atoms with E-state index in [9.17, 15) is 14.0 Å². The van der Waals surface area contributed by atoms with Gasteiger partial charge in [-0.05, 0) is 42.5 Å². The molecule has 2 atom stereocenters. The Morgan fingerprint density at radius 3 is 2.58 bits per heavy atom. The van der Waals surface area contributed by atoms with Gasteiger partial charge in [-0.15, -0.1) is 0 Å². The summed E-state index contributed by atoms with van der Waals surface area (Å²) in [5, 5.41) is 0. The number of piperazine rings is 1. The highest BCUT2D eigenvalue weighted by Crippen LogP contribution is 2.33. The molecule has 2 unspecified atom stereocenters. The molecule has 3 aromatic rings. The van der Waals surface area contributed by atoms with Gasteiger partial charge >= 0.3 is 5.69 Å². The van der Waals surface area contributed by atoms with Crippen LogP contribution in [0.2, 0.25) is 0 Å². The Kier molecular flexibility index (Phi) is 5.02. The molecule has 3 fully saturated rings. The first-order chi connectivity index (χ1) is 15.6. The summed E-state index contributed by atoms with van der Waals surface area (Å²) < 4.78 is 17.5. The standard InChI is InChI=1S/C24H29FN6O2/c1-24(2,3)14-31-18-9-10-19(27-21(18)28(4)23(31)33)29-12-16-8-7-15(29)13-30(16)22(32)17-6-5-11-26-20(17)25/h5-6,9-11,15-16H,7-8,12-14H2,1-4H3. The molecule has 9 heteroatoms. The summed E-state index contributed by atoms with van der Waals surface area (Å²) >= 11 is 0. The summed E-state index contributed by atoms with van der Waals surface area (Å²) in [6.07, 6.45) is 3.16. The van der Waals surface area contributed by atoms with Crippen molar-refractivity contribution in [3.63, 3.8) is 0 Å². The van der Waals surface area contributed by atoms with E-state index in [1.807, 2.05) is 12.1 Å². The fourth-order valence-electron chi connectivity index (χ4n) is 5.11. The first kappa shape index (κ1) is 21.6. The van der Waals surface area contributed by atoms with Crippen LogP contribution in [0.1, 0.15) is 44.0 Å². The molecular weight excluding hydrogens is 423 g/mol. The van der Waals surface area contributed by atoms with Crippen molar-refractivity contribution in [1.82, 2.24) is 24.0 Å². The van der Waals surface area contributed by atoms with Crippen LogP contribution in [0.4, 0.5) is 10.2 Å². The van der Waals surface area contributed by atoms with Crippen molar-refractivity contribution in [3.8, 4) is 0 Å². The van der Waals surface area contributed by atoms with E-state index in [0.717, 1.165) is 24.2 Å². The highest BCUT2D eigenvalue weighted by atomic mass is 19.1. The van der Waals surface area contributed by atoms with Gasteiger partial charge in [-0.25, -0.2) is 14.8 Å². The van der Waals surface area contributed by atoms with Crippen LogP contribution in [0.3, 0.4) is 0 Å².